The molecule has 3 unspecified atom stereocenters. The van der Waals surface area contributed by atoms with Crippen LogP contribution < -0.4 is 26.6 Å². The summed E-state index contributed by atoms with van der Waals surface area (Å²) in [5.41, 5.74) is -0.956. The summed E-state index contributed by atoms with van der Waals surface area (Å²) >= 11 is 0. The zero-order chi connectivity index (χ0) is 33.5. The Kier molecular flexibility index (Phi) is 10.7. The summed E-state index contributed by atoms with van der Waals surface area (Å²) < 4.78 is 0. The second-order valence-electron chi connectivity index (χ2n) is 17.5. The minimum Gasteiger partial charge on any atom is -0.355 e. The van der Waals surface area contributed by atoms with Gasteiger partial charge < -0.3 is 26.6 Å². The smallest absolute Gasteiger partial charge is 0.225 e. The van der Waals surface area contributed by atoms with Crippen molar-refractivity contribution in [1.29, 1.82) is 0 Å². The van der Waals surface area contributed by atoms with Crippen molar-refractivity contribution in [2.45, 2.75) is 136 Å². The van der Waals surface area contributed by atoms with Gasteiger partial charge in [0.05, 0.1) is 17.8 Å². The molecule has 0 aromatic rings. The number of nitrogens with zero attached hydrogens (tertiary/aromatic N) is 2. The summed E-state index contributed by atoms with van der Waals surface area (Å²) in [5, 5.41) is 16.7. The number of carbonyl (C=O) groups is 3. The van der Waals surface area contributed by atoms with Crippen LogP contribution in [0, 0.1) is 17.8 Å². The topological polar surface area (TPSA) is 118 Å². The van der Waals surface area contributed by atoms with E-state index in [2.05, 4.69) is 127 Å². The van der Waals surface area contributed by atoms with Crippen LogP contribution in [-0.4, -0.2) is 107 Å². The molecule has 3 amide bonds. The first-order valence-corrected chi connectivity index (χ1v) is 16.8. The Labute approximate surface area is 268 Å². The lowest BCUT2D eigenvalue weighted by atomic mass is 9.86. The molecule has 5 N–H and O–H groups in total. The highest BCUT2D eigenvalue weighted by molar-refractivity contribution is 5.81. The van der Waals surface area contributed by atoms with Crippen molar-refractivity contribution in [3.63, 3.8) is 0 Å². The maximum atomic E-state index is 13.3. The maximum Gasteiger partial charge on any atom is 0.225 e. The molecule has 3 rings (SSSR count). The van der Waals surface area contributed by atoms with Gasteiger partial charge in [-0.1, -0.05) is 0 Å². The van der Waals surface area contributed by atoms with E-state index in [4.69, 9.17) is 0 Å². The van der Waals surface area contributed by atoms with Crippen molar-refractivity contribution in [2.24, 2.45) is 17.8 Å². The van der Waals surface area contributed by atoms with Gasteiger partial charge in [0.25, 0.3) is 0 Å². The number of hydrogen-bond acceptors (Lipinski definition) is 7. The first-order valence-electron chi connectivity index (χ1n) is 16.8. The minimum atomic E-state index is -0.268. The van der Waals surface area contributed by atoms with Crippen LogP contribution in [0.2, 0.25) is 0 Å². The van der Waals surface area contributed by atoms with E-state index in [-0.39, 0.29) is 68.7 Å². The van der Waals surface area contributed by atoms with Gasteiger partial charge in [-0.15, -0.1) is 0 Å². The van der Waals surface area contributed by atoms with Crippen molar-refractivity contribution in [3.8, 4) is 0 Å². The number of nitrogens with one attached hydrogen (secondary N) is 5. The molecule has 0 radical (unpaired) electrons. The molecule has 10 nitrogen and oxygen atoms in total. The Bertz CT molecular complexity index is 1010. The van der Waals surface area contributed by atoms with Crippen LogP contribution in [0.5, 0.6) is 0 Å². The van der Waals surface area contributed by atoms with Gasteiger partial charge in [-0.25, -0.2) is 0 Å². The molecular formula is C34H65N7O3. The third-order valence-electron chi connectivity index (χ3n) is 11.0. The summed E-state index contributed by atoms with van der Waals surface area (Å²) in [4.78, 5) is 44.2. The van der Waals surface area contributed by atoms with Crippen LogP contribution in [0.25, 0.3) is 0 Å². The highest BCUT2D eigenvalue weighted by atomic mass is 16.2. The Morgan fingerprint density at radius 1 is 0.614 bits per heavy atom. The lowest BCUT2D eigenvalue weighted by Crippen LogP contribution is -2.51. The van der Waals surface area contributed by atoms with Crippen molar-refractivity contribution in [3.05, 3.63) is 0 Å². The number of carbonyl (C=O) groups excluding carboxylic acids is 3. The van der Waals surface area contributed by atoms with Crippen molar-refractivity contribution in [1.82, 2.24) is 36.4 Å². The molecule has 3 aliphatic rings. The third-order valence-corrected chi connectivity index (χ3v) is 11.0. The van der Waals surface area contributed by atoms with E-state index >= 15 is 0 Å². The van der Waals surface area contributed by atoms with Crippen molar-refractivity contribution < 1.29 is 14.4 Å². The normalized spacial score (nSPS) is 29.5. The van der Waals surface area contributed by atoms with Crippen LogP contribution in [0.15, 0.2) is 0 Å². The zero-order valence-corrected chi connectivity index (χ0v) is 30.2. The highest BCUT2D eigenvalue weighted by Crippen LogP contribution is 2.43. The number of hydrogen-bond donors (Lipinski definition) is 5. The third kappa shape index (κ3) is 8.53. The van der Waals surface area contributed by atoms with Gasteiger partial charge in [0.15, 0.2) is 0 Å². The van der Waals surface area contributed by atoms with E-state index in [0.717, 1.165) is 19.3 Å². The zero-order valence-electron chi connectivity index (χ0n) is 30.2. The van der Waals surface area contributed by atoms with Gasteiger partial charge in [-0.05, 0) is 109 Å². The van der Waals surface area contributed by atoms with Crippen molar-refractivity contribution in [2.75, 3.05) is 46.3 Å². The number of rotatable bonds is 12. The second-order valence-corrected chi connectivity index (χ2v) is 17.5. The fourth-order valence-corrected chi connectivity index (χ4v) is 8.42. The number of likely N-dealkylation sites (tertiary alicyclic amines) is 1. The van der Waals surface area contributed by atoms with Gasteiger partial charge in [0.2, 0.25) is 17.7 Å². The molecule has 3 aliphatic heterocycles. The molecule has 3 fully saturated rings. The first kappa shape index (κ1) is 36.7. The Morgan fingerprint density at radius 3 is 1.23 bits per heavy atom. The van der Waals surface area contributed by atoms with E-state index in [1.165, 1.54) is 0 Å². The Hall–Kier alpha value is -1.75. The van der Waals surface area contributed by atoms with Crippen LogP contribution in [0.3, 0.4) is 0 Å². The molecule has 0 aromatic carbocycles. The Balaban J connectivity index is 1.57. The summed E-state index contributed by atoms with van der Waals surface area (Å²) in [6, 6.07) is 0. The van der Waals surface area contributed by atoms with E-state index in [0.29, 0.717) is 39.3 Å². The molecule has 0 saturated carbocycles. The summed E-state index contributed by atoms with van der Waals surface area (Å²) in [6.07, 6.45) is 2.40. The minimum absolute atomic E-state index is 0.0365. The Morgan fingerprint density at radius 2 is 0.955 bits per heavy atom. The molecule has 44 heavy (non-hydrogen) atoms. The molecule has 0 aliphatic carbocycles. The first-order chi connectivity index (χ1) is 19.9. The van der Waals surface area contributed by atoms with Gasteiger partial charge in [-0.3, -0.25) is 24.2 Å². The van der Waals surface area contributed by atoms with E-state index < -0.39 is 0 Å². The summed E-state index contributed by atoms with van der Waals surface area (Å²) in [7, 11) is 2.10. The molecular weight excluding hydrogens is 554 g/mol. The lowest BCUT2D eigenvalue weighted by molar-refractivity contribution is -0.127. The van der Waals surface area contributed by atoms with Gasteiger partial charge >= 0.3 is 0 Å². The molecule has 254 valence electrons. The summed E-state index contributed by atoms with van der Waals surface area (Å²) in [6.45, 7) is 29.1. The van der Waals surface area contributed by atoms with Crippen molar-refractivity contribution >= 4 is 17.7 Å². The second kappa shape index (κ2) is 12.8. The largest absolute Gasteiger partial charge is 0.355 e. The van der Waals surface area contributed by atoms with Crippen LogP contribution in [-0.2, 0) is 14.4 Å². The highest BCUT2D eigenvalue weighted by Gasteiger charge is 2.52. The molecule has 0 bridgehead atoms. The van der Waals surface area contributed by atoms with Crippen LogP contribution >= 0.6 is 0 Å². The summed E-state index contributed by atoms with van der Waals surface area (Å²) in [5.74, 6) is -0.0589. The van der Waals surface area contributed by atoms with Crippen LogP contribution in [0.1, 0.15) is 102 Å². The van der Waals surface area contributed by atoms with Gasteiger partial charge in [-0.2, -0.15) is 0 Å². The van der Waals surface area contributed by atoms with E-state index in [9.17, 15) is 14.4 Å². The van der Waals surface area contributed by atoms with Gasteiger partial charge in [0.1, 0.15) is 0 Å². The lowest BCUT2D eigenvalue weighted by Gasteiger charge is -2.38. The predicted octanol–water partition coefficient (Wildman–Crippen LogP) is 2.48. The fourth-order valence-electron chi connectivity index (χ4n) is 8.42. The fraction of sp³-hybridized carbons (Fsp3) is 0.912. The standard InChI is InChI=1S/C34H65N7O3/c1-29(2)20-23(32(7,8)38-29)26(42)35-14-17-41(18-15-36-27(43)24-21-30(3,4)39-33(24,9)10)19-16-37-28(44)25-22-31(5,6)40(13)34(25,11)12/h23-25,38-39H,14-22H2,1-13H3,(H,35,42)(H,36,43)(H,37,44). The molecule has 0 aromatic heterocycles. The van der Waals surface area contributed by atoms with Gasteiger partial charge in [0, 0.05) is 72.5 Å². The average Bonchev–Trinajstić information content (AvgIpc) is 3.31. The molecule has 3 heterocycles. The monoisotopic (exact) mass is 620 g/mol. The predicted molar refractivity (Wildman–Crippen MR) is 178 cm³/mol. The molecule has 10 heteroatoms. The SMILES string of the molecule is CN1C(C)(C)CC(C(=O)NCCN(CCNC(=O)C2CC(C)(C)NC2(C)C)CCNC(=O)C2CC(C)(C)NC2(C)C)C1(C)C. The molecule has 0 spiro atoms. The maximum absolute atomic E-state index is 13.3. The van der Waals surface area contributed by atoms with E-state index in [1.807, 2.05) is 0 Å². The number of amides is 3. The van der Waals surface area contributed by atoms with Crippen LogP contribution in [0.4, 0.5) is 0 Å². The van der Waals surface area contributed by atoms with E-state index in [1.54, 1.807) is 0 Å². The molecule has 3 saturated heterocycles. The quantitative estimate of drug-likeness (QED) is 0.228. The average molecular weight is 620 g/mol. The molecule has 3 atom stereocenters.